The molecule has 1 aromatic carbocycles. The van der Waals surface area contributed by atoms with E-state index in [0.29, 0.717) is 12.1 Å². The van der Waals surface area contributed by atoms with Crippen LogP contribution in [-0.2, 0) is 22.7 Å². The lowest BCUT2D eigenvalue weighted by molar-refractivity contribution is 0.339. The van der Waals surface area contributed by atoms with E-state index in [1.807, 2.05) is 0 Å². The second-order valence-corrected chi connectivity index (χ2v) is 8.68. The Morgan fingerprint density at radius 2 is 1.70 bits per heavy atom. The highest BCUT2D eigenvalue weighted by Gasteiger charge is 2.31. The molecule has 1 saturated carbocycles. The van der Waals surface area contributed by atoms with Crippen LogP contribution in [-0.4, -0.2) is 32.0 Å². The molecule has 1 fully saturated rings. The monoisotopic (exact) mass is 293 g/mol. The van der Waals surface area contributed by atoms with E-state index in [1.54, 1.807) is 0 Å². The van der Waals surface area contributed by atoms with Crippen molar-refractivity contribution >= 4 is 9.84 Å². The van der Waals surface area contributed by atoms with Crippen LogP contribution in [0.5, 0.6) is 0 Å². The number of nitrogens with one attached hydrogen (secondary N) is 1. The van der Waals surface area contributed by atoms with E-state index in [-0.39, 0.29) is 5.25 Å². The predicted octanol–water partition coefficient (Wildman–Crippen LogP) is 2.10. The fourth-order valence-electron chi connectivity index (χ4n) is 3.70. The molecule has 2 aliphatic rings. The van der Waals surface area contributed by atoms with Gasteiger partial charge in [0.2, 0.25) is 0 Å². The van der Waals surface area contributed by atoms with Gasteiger partial charge >= 0.3 is 0 Å². The maximum atomic E-state index is 11.7. The summed E-state index contributed by atoms with van der Waals surface area (Å²) in [7, 11) is -2.89. The molecule has 0 aliphatic heterocycles. The maximum Gasteiger partial charge on any atom is 0.150 e. The second kappa shape index (κ2) is 5.49. The average molecular weight is 293 g/mol. The van der Waals surface area contributed by atoms with Gasteiger partial charge in [0.25, 0.3) is 0 Å². The van der Waals surface area contributed by atoms with Gasteiger partial charge in [-0.3, -0.25) is 0 Å². The molecule has 2 unspecified atom stereocenters. The third kappa shape index (κ3) is 3.07. The molecular weight excluding hydrogens is 270 g/mol. The first-order chi connectivity index (χ1) is 9.52. The van der Waals surface area contributed by atoms with E-state index in [1.165, 1.54) is 17.4 Å². The Bertz CT molecular complexity index is 557. The van der Waals surface area contributed by atoms with Crippen LogP contribution < -0.4 is 5.32 Å². The molecule has 0 bridgehead atoms. The van der Waals surface area contributed by atoms with Gasteiger partial charge in [-0.05, 0) is 43.2 Å². The van der Waals surface area contributed by atoms with Gasteiger partial charge in [0, 0.05) is 18.3 Å². The zero-order valence-corrected chi connectivity index (χ0v) is 12.8. The minimum atomic E-state index is -2.89. The largest absolute Gasteiger partial charge is 0.311 e. The van der Waals surface area contributed by atoms with E-state index in [4.69, 9.17) is 0 Å². The molecule has 3 nitrogen and oxygen atoms in total. The summed E-state index contributed by atoms with van der Waals surface area (Å²) in [5, 5.41) is 3.56. The molecule has 110 valence electrons. The molecule has 0 heterocycles. The number of benzene rings is 1. The smallest absolute Gasteiger partial charge is 0.150 e. The fraction of sp³-hybridized carbons (Fsp3) is 0.625. The third-order valence-electron chi connectivity index (χ3n) is 4.75. The SMILES string of the molecule is CS(=O)(=O)C1CCCC(NC2Cc3ccccc3C2)C1. The summed E-state index contributed by atoms with van der Waals surface area (Å²) in [5.74, 6) is 0. The molecule has 1 N–H and O–H groups in total. The van der Waals surface area contributed by atoms with Crippen LogP contribution in [0.1, 0.15) is 36.8 Å². The van der Waals surface area contributed by atoms with Gasteiger partial charge in [-0.1, -0.05) is 30.7 Å². The van der Waals surface area contributed by atoms with Crippen molar-refractivity contribution in [2.24, 2.45) is 0 Å². The molecule has 0 radical (unpaired) electrons. The molecule has 0 saturated heterocycles. The summed E-state index contributed by atoms with van der Waals surface area (Å²) in [4.78, 5) is 0. The Balaban J connectivity index is 1.60. The van der Waals surface area contributed by atoms with E-state index in [2.05, 4.69) is 29.6 Å². The zero-order valence-electron chi connectivity index (χ0n) is 12.0. The van der Waals surface area contributed by atoms with Gasteiger partial charge in [-0.15, -0.1) is 0 Å². The van der Waals surface area contributed by atoms with Crippen LogP contribution in [0.3, 0.4) is 0 Å². The van der Waals surface area contributed by atoms with Gasteiger partial charge in [0.05, 0.1) is 5.25 Å². The second-order valence-electron chi connectivity index (χ2n) is 6.36. The molecule has 3 rings (SSSR count). The van der Waals surface area contributed by atoms with E-state index in [9.17, 15) is 8.42 Å². The van der Waals surface area contributed by atoms with Crippen molar-refractivity contribution in [3.8, 4) is 0 Å². The van der Waals surface area contributed by atoms with Crippen molar-refractivity contribution in [2.45, 2.75) is 55.9 Å². The van der Waals surface area contributed by atoms with Crippen molar-refractivity contribution in [3.05, 3.63) is 35.4 Å². The maximum absolute atomic E-state index is 11.7. The number of fused-ring (bicyclic) bond motifs is 1. The van der Waals surface area contributed by atoms with Gasteiger partial charge in [0.1, 0.15) is 9.84 Å². The van der Waals surface area contributed by atoms with Gasteiger partial charge in [-0.2, -0.15) is 0 Å². The Hall–Kier alpha value is -0.870. The predicted molar refractivity (Wildman–Crippen MR) is 81.7 cm³/mol. The number of hydrogen-bond donors (Lipinski definition) is 1. The van der Waals surface area contributed by atoms with E-state index in [0.717, 1.165) is 38.5 Å². The van der Waals surface area contributed by atoms with Crippen LogP contribution in [0.15, 0.2) is 24.3 Å². The first kappa shape index (κ1) is 14.1. The Labute approximate surface area is 121 Å². The van der Waals surface area contributed by atoms with Crippen molar-refractivity contribution < 1.29 is 8.42 Å². The zero-order chi connectivity index (χ0) is 14.2. The Kier molecular flexibility index (Phi) is 3.87. The third-order valence-corrected chi connectivity index (χ3v) is 6.39. The Morgan fingerprint density at radius 1 is 1.05 bits per heavy atom. The minimum Gasteiger partial charge on any atom is -0.311 e. The lowest BCUT2D eigenvalue weighted by atomic mass is 9.94. The highest BCUT2D eigenvalue weighted by molar-refractivity contribution is 7.91. The quantitative estimate of drug-likeness (QED) is 0.928. The van der Waals surface area contributed by atoms with Crippen LogP contribution >= 0.6 is 0 Å². The van der Waals surface area contributed by atoms with Gasteiger partial charge in [-0.25, -0.2) is 8.42 Å². The topological polar surface area (TPSA) is 46.2 Å². The first-order valence-corrected chi connectivity index (χ1v) is 9.49. The van der Waals surface area contributed by atoms with Crippen molar-refractivity contribution in [2.75, 3.05) is 6.26 Å². The van der Waals surface area contributed by atoms with Crippen LogP contribution in [0.25, 0.3) is 0 Å². The number of rotatable bonds is 3. The molecule has 0 amide bonds. The van der Waals surface area contributed by atoms with Crippen LogP contribution in [0.4, 0.5) is 0 Å². The molecule has 0 aromatic heterocycles. The molecular formula is C16H23NO2S. The van der Waals surface area contributed by atoms with Gasteiger partial charge in [0.15, 0.2) is 0 Å². The summed E-state index contributed by atoms with van der Waals surface area (Å²) in [6, 6.07) is 9.45. The normalized spacial score (nSPS) is 27.4. The summed E-state index contributed by atoms with van der Waals surface area (Å²) < 4.78 is 23.4. The first-order valence-electron chi connectivity index (χ1n) is 7.54. The number of sulfone groups is 1. The summed E-state index contributed by atoms with van der Waals surface area (Å²) in [5.41, 5.74) is 2.89. The average Bonchev–Trinajstić information content (AvgIpc) is 2.80. The highest BCUT2D eigenvalue weighted by Crippen LogP contribution is 2.27. The summed E-state index contributed by atoms with van der Waals surface area (Å²) in [6.45, 7) is 0. The molecule has 2 aliphatic carbocycles. The lowest BCUT2D eigenvalue weighted by Gasteiger charge is -2.31. The van der Waals surface area contributed by atoms with Crippen molar-refractivity contribution in [1.82, 2.24) is 5.32 Å². The van der Waals surface area contributed by atoms with Crippen molar-refractivity contribution in [3.63, 3.8) is 0 Å². The molecule has 20 heavy (non-hydrogen) atoms. The standard InChI is InChI=1S/C16H23NO2S/c1-20(18,19)16-8-4-7-14(11-16)17-15-9-12-5-2-3-6-13(12)10-15/h2-3,5-6,14-17H,4,7-11H2,1H3. The summed E-state index contributed by atoms with van der Waals surface area (Å²) >= 11 is 0. The lowest BCUT2D eigenvalue weighted by Crippen LogP contribution is -2.44. The highest BCUT2D eigenvalue weighted by atomic mass is 32.2. The molecule has 2 atom stereocenters. The minimum absolute atomic E-state index is 0.141. The molecule has 4 heteroatoms. The van der Waals surface area contributed by atoms with Crippen LogP contribution in [0, 0.1) is 0 Å². The molecule has 1 aromatic rings. The van der Waals surface area contributed by atoms with E-state index >= 15 is 0 Å². The Morgan fingerprint density at radius 3 is 2.30 bits per heavy atom. The number of hydrogen-bond acceptors (Lipinski definition) is 3. The van der Waals surface area contributed by atoms with Crippen molar-refractivity contribution in [1.29, 1.82) is 0 Å². The van der Waals surface area contributed by atoms with Gasteiger partial charge < -0.3 is 5.32 Å². The van der Waals surface area contributed by atoms with Crippen LogP contribution in [0.2, 0.25) is 0 Å². The summed E-state index contributed by atoms with van der Waals surface area (Å²) in [6.07, 6.45) is 7.29. The van der Waals surface area contributed by atoms with E-state index < -0.39 is 9.84 Å². The fourth-order valence-corrected chi connectivity index (χ4v) is 4.87. The molecule has 0 spiro atoms.